The molecule has 1 aromatic heterocycles. The molecule has 8 heteroatoms. The van der Waals surface area contributed by atoms with E-state index in [0.29, 0.717) is 35.9 Å². The van der Waals surface area contributed by atoms with Crippen LogP contribution in [-0.4, -0.2) is 57.8 Å². The van der Waals surface area contributed by atoms with Crippen LogP contribution in [0.2, 0.25) is 0 Å². The second-order valence-electron chi connectivity index (χ2n) is 9.94. The van der Waals surface area contributed by atoms with Crippen LogP contribution >= 0.6 is 0 Å². The van der Waals surface area contributed by atoms with E-state index in [-0.39, 0.29) is 29.3 Å². The topological polar surface area (TPSA) is 107 Å². The van der Waals surface area contributed by atoms with Gasteiger partial charge in [0.15, 0.2) is 0 Å². The van der Waals surface area contributed by atoms with Crippen LogP contribution in [0.25, 0.3) is 11.3 Å². The molecule has 37 heavy (non-hydrogen) atoms. The van der Waals surface area contributed by atoms with Crippen LogP contribution < -0.4 is 10.6 Å². The molecular formula is C29H33N5O3. The van der Waals surface area contributed by atoms with Gasteiger partial charge in [-0.2, -0.15) is 0 Å². The second kappa shape index (κ2) is 11.1. The monoisotopic (exact) mass is 499 g/mol. The van der Waals surface area contributed by atoms with Crippen LogP contribution in [0.1, 0.15) is 54.6 Å². The maximum Gasteiger partial charge on any atom is 0.253 e. The third-order valence-electron chi connectivity index (χ3n) is 7.39. The molecule has 5 rings (SSSR count). The SMILES string of the molecule is CC(=O)C1CCN(C(=O)c2ccc(Nc3nc(-c4ccccc4O)cc(C4CCCNC4)n3)cc2)CC1. The van der Waals surface area contributed by atoms with Gasteiger partial charge < -0.3 is 20.6 Å². The fourth-order valence-electron chi connectivity index (χ4n) is 5.16. The molecule has 2 aliphatic rings. The van der Waals surface area contributed by atoms with Gasteiger partial charge in [-0.1, -0.05) is 12.1 Å². The molecule has 2 fully saturated rings. The smallest absolute Gasteiger partial charge is 0.253 e. The van der Waals surface area contributed by atoms with Gasteiger partial charge in [0, 0.05) is 48.3 Å². The number of hydrogen-bond donors (Lipinski definition) is 3. The van der Waals surface area contributed by atoms with E-state index >= 15 is 0 Å². The van der Waals surface area contributed by atoms with Crippen LogP contribution in [0.3, 0.4) is 0 Å². The van der Waals surface area contributed by atoms with E-state index in [1.165, 1.54) is 0 Å². The Morgan fingerprint density at radius 1 is 1.03 bits per heavy atom. The van der Waals surface area contributed by atoms with E-state index in [4.69, 9.17) is 9.97 Å². The quantitative estimate of drug-likeness (QED) is 0.458. The normalized spacial score (nSPS) is 18.4. The van der Waals surface area contributed by atoms with Crippen LogP contribution in [0, 0.1) is 5.92 Å². The van der Waals surface area contributed by atoms with E-state index < -0.39 is 0 Å². The molecule has 1 unspecified atom stereocenters. The zero-order chi connectivity index (χ0) is 25.8. The number of nitrogens with zero attached hydrogens (tertiary/aromatic N) is 3. The average Bonchev–Trinajstić information content (AvgIpc) is 2.94. The Bertz CT molecular complexity index is 1260. The number of likely N-dealkylation sites (tertiary alicyclic amines) is 1. The van der Waals surface area contributed by atoms with Crippen molar-refractivity contribution in [2.75, 3.05) is 31.5 Å². The van der Waals surface area contributed by atoms with Crippen LogP contribution in [0.5, 0.6) is 5.75 Å². The van der Waals surface area contributed by atoms with Crippen molar-refractivity contribution in [2.24, 2.45) is 5.92 Å². The van der Waals surface area contributed by atoms with Crippen molar-refractivity contribution >= 4 is 23.3 Å². The number of carbonyl (C=O) groups excluding carboxylic acids is 2. The minimum absolute atomic E-state index is 0.0153. The summed E-state index contributed by atoms with van der Waals surface area (Å²) in [5.74, 6) is 1.16. The Balaban J connectivity index is 1.34. The summed E-state index contributed by atoms with van der Waals surface area (Å²) in [6.45, 7) is 4.71. The number of aromatic hydroxyl groups is 1. The van der Waals surface area contributed by atoms with Gasteiger partial charge >= 0.3 is 0 Å². The first kappa shape index (κ1) is 24.9. The Morgan fingerprint density at radius 3 is 2.46 bits per heavy atom. The van der Waals surface area contributed by atoms with Crippen molar-refractivity contribution in [3.05, 3.63) is 65.9 Å². The van der Waals surface area contributed by atoms with Crippen molar-refractivity contribution in [3.63, 3.8) is 0 Å². The highest BCUT2D eigenvalue weighted by Gasteiger charge is 2.26. The highest BCUT2D eigenvalue weighted by molar-refractivity contribution is 5.94. The lowest BCUT2D eigenvalue weighted by Crippen LogP contribution is -2.39. The molecule has 3 N–H and O–H groups in total. The fourth-order valence-corrected chi connectivity index (χ4v) is 5.16. The van der Waals surface area contributed by atoms with Gasteiger partial charge in [-0.05, 0) is 81.6 Å². The molecule has 0 bridgehead atoms. The lowest BCUT2D eigenvalue weighted by molar-refractivity contribution is -0.121. The lowest BCUT2D eigenvalue weighted by atomic mass is 9.93. The predicted octanol–water partition coefficient (Wildman–Crippen LogP) is 4.50. The van der Waals surface area contributed by atoms with Crippen molar-refractivity contribution in [3.8, 4) is 17.0 Å². The fraction of sp³-hybridized carbons (Fsp3) is 0.379. The number of anilines is 2. The number of hydrogen-bond acceptors (Lipinski definition) is 7. The van der Waals surface area contributed by atoms with Crippen molar-refractivity contribution < 1.29 is 14.7 Å². The highest BCUT2D eigenvalue weighted by Crippen LogP contribution is 2.32. The van der Waals surface area contributed by atoms with Gasteiger partial charge in [-0.25, -0.2) is 9.97 Å². The summed E-state index contributed by atoms with van der Waals surface area (Å²) in [5, 5.41) is 17.2. The number of ketones is 1. The van der Waals surface area contributed by atoms with E-state index in [0.717, 1.165) is 50.2 Å². The summed E-state index contributed by atoms with van der Waals surface area (Å²) >= 11 is 0. The van der Waals surface area contributed by atoms with Gasteiger partial charge in [-0.15, -0.1) is 0 Å². The number of aromatic nitrogens is 2. The molecule has 0 aliphatic carbocycles. The standard InChI is InChI=1S/C29H33N5O3/c1-19(35)20-12-15-34(16-13-20)28(37)21-8-10-23(11-9-21)31-29-32-25(22-5-4-14-30-18-22)17-26(33-29)24-6-2-3-7-27(24)36/h2-3,6-11,17,20,22,30,36H,4-5,12-16,18H2,1H3,(H,31,32,33). The molecule has 192 valence electrons. The molecule has 3 aromatic rings. The number of para-hydroxylation sites is 1. The first-order valence-electron chi connectivity index (χ1n) is 13.0. The van der Waals surface area contributed by atoms with Gasteiger partial charge in [0.25, 0.3) is 5.91 Å². The number of piperidine rings is 2. The Hall–Kier alpha value is -3.78. The van der Waals surface area contributed by atoms with Crippen LogP contribution in [0.4, 0.5) is 11.6 Å². The molecular weight excluding hydrogens is 466 g/mol. The van der Waals surface area contributed by atoms with Gasteiger partial charge in [0.2, 0.25) is 5.95 Å². The zero-order valence-electron chi connectivity index (χ0n) is 21.1. The third-order valence-corrected chi connectivity index (χ3v) is 7.39. The Labute approximate surface area is 217 Å². The second-order valence-corrected chi connectivity index (χ2v) is 9.94. The summed E-state index contributed by atoms with van der Waals surface area (Å²) < 4.78 is 0. The maximum absolute atomic E-state index is 13.0. The van der Waals surface area contributed by atoms with Gasteiger partial charge in [0.1, 0.15) is 11.5 Å². The maximum atomic E-state index is 13.0. The molecule has 0 spiro atoms. The summed E-state index contributed by atoms with van der Waals surface area (Å²) in [7, 11) is 0. The summed E-state index contributed by atoms with van der Waals surface area (Å²) in [6.07, 6.45) is 3.59. The molecule has 3 heterocycles. The summed E-state index contributed by atoms with van der Waals surface area (Å²) in [6, 6.07) is 16.5. The lowest BCUT2D eigenvalue weighted by Gasteiger charge is -2.31. The first-order chi connectivity index (χ1) is 18.0. The molecule has 2 saturated heterocycles. The van der Waals surface area contributed by atoms with E-state index in [9.17, 15) is 14.7 Å². The molecule has 1 atom stereocenters. The molecule has 2 aromatic carbocycles. The highest BCUT2D eigenvalue weighted by atomic mass is 16.3. The van der Waals surface area contributed by atoms with E-state index in [2.05, 4.69) is 10.6 Å². The largest absolute Gasteiger partial charge is 0.507 e. The minimum atomic E-state index is -0.0153. The Morgan fingerprint density at radius 2 is 1.78 bits per heavy atom. The first-order valence-corrected chi connectivity index (χ1v) is 13.0. The number of phenolic OH excluding ortho intramolecular Hbond substituents is 1. The summed E-state index contributed by atoms with van der Waals surface area (Å²) in [4.78, 5) is 35.9. The van der Waals surface area contributed by atoms with Crippen molar-refractivity contribution in [1.82, 2.24) is 20.2 Å². The number of benzene rings is 2. The van der Waals surface area contributed by atoms with E-state index in [1.807, 2.05) is 35.2 Å². The predicted molar refractivity (Wildman–Crippen MR) is 143 cm³/mol. The number of rotatable bonds is 6. The van der Waals surface area contributed by atoms with E-state index in [1.54, 1.807) is 31.2 Å². The van der Waals surface area contributed by atoms with Crippen molar-refractivity contribution in [2.45, 2.75) is 38.5 Å². The number of nitrogens with one attached hydrogen (secondary N) is 2. The molecule has 0 radical (unpaired) electrons. The Kier molecular flexibility index (Phi) is 7.46. The van der Waals surface area contributed by atoms with Crippen molar-refractivity contribution in [1.29, 1.82) is 0 Å². The average molecular weight is 500 g/mol. The van der Waals surface area contributed by atoms with Crippen LogP contribution in [-0.2, 0) is 4.79 Å². The van der Waals surface area contributed by atoms with Gasteiger partial charge in [-0.3, -0.25) is 9.59 Å². The third kappa shape index (κ3) is 5.80. The number of amides is 1. The zero-order valence-corrected chi connectivity index (χ0v) is 21.1. The molecule has 0 saturated carbocycles. The number of Topliss-reactive ketones (excluding diaryl/α,β-unsaturated/α-hetero) is 1. The number of carbonyl (C=O) groups is 2. The molecule has 8 nitrogen and oxygen atoms in total. The van der Waals surface area contributed by atoms with Gasteiger partial charge in [0.05, 0.1) is 11.4 Å². The molecule has 1 amide bonds. The minimum Gasteiger partial charge on any atom is -0.507 e. The molecule has 2 aliphatic heterocycles. The van der Waals surface area contributed by atoms with Crippen LogP contribution in [0.15, 0.2) is 54.6 Å². The number of phenols is 1. The summed E-state index contributed by atoms with van der Waals surface area (Å²) in [5.41, 5.74) is 3.65.